The number of hydrogen-bond donors (Lipinski definition) is 2. The first-order valence-electron chi connectivity index (χ1n) is 7.04. The Labute approximate surface area is 130 Å². The topological polar surface area (TPSA) is 111 Å². The maximum Gasteiger partial charge on any atom is 0.265 e. The van der Waals surface area contributed by atoms with Crippen molar-refractivity contribution in [3.05, 3.63) is 18.0 Å². The number of nitrogens with two attached hydrogens (primary N) is 1. The average Bonchev–Trinajstić information content (AvgIpc) is 2.69. The van der Waals surface area contributed by atoms with Gasteiger partial charge in [0.25, 0.3) is 15.9 Å². The fourth-order valence-electron chi connectivity index (χ4n) is 2.38. The average molecular weight is 329 g/mol. The highest BCUT2D eigenvalue weighted by molar-refractivity contribution is 7.90. The number of aryl methyl sites for hydroxylation is 1. The number of nitrogens with zero attached hydrogens (tertiary/aromatic N) is 1. The van der Waals surface area contributed by atoms with Gasteiger partial charge in [-0.2, -0.15) is 0 Å². The van der Waals surface area contributed by atoms with Gasteiger partial charge in [0.15, 0.2) is 0 Å². The van der Waals surface area contributed by atoms with E-state index in [1.807, 2.05) is 25.5 Å². The minimum Gasteiger partial charge on any atom is -0.364 e. The number of carbonyl (C=O) groups is 2. The fraction of sp³-hybridized carbons (Fsp3) is 0.571. The van der Waals surface area contributed by atoms with Crippen molar-refractivity contribution in [3.63, 3.8) is 0 Å². The Bertz CT molecular complexity index is 662. The molecular formula is C14H23N3O4S. The number of aromatic nitrogens is 1. The quantitative estimate of drug-likeness (QED) is 0.777. The number of nitrogens with one attached hydrogen (secondary N) is 1. The molecule has 0 spiro atoms. The zero-order valence-electron chi connectivity index (χ0n) is 13.3. The monoisotopic (exact) mass is 329 g/mol. The van der Waals surface area contributed by atoms with Crippen LogP contribution in [0.3, 0.4) is 0 Å². The first-order valence-corrected chi connectivity index (χ1v) is 8.53. The molecule has 1 atom stereocenters. The number of amides is 2. The predicted octanol–water partition coefficient (Wildman–Crippen LogP) is 1.00. The van der Waals surface area contributed by atoms with E-state index in [9.17, 15) is 18.0 Å². The lowest BCUT2D eigenvalue weighted by atomic mass is 9.96. The van der Waals surface area contributed by atoms with Gasteiger partial charge in [-0.05, 0) is 24.3 Å². The SMILES string of the molecule is CC(C)CC(C)CC(=O)NS(=O)(=O)c1cc(C(N)=O)n(C)c1. The van der Waals surface area contributed by atoms with Crippen LogP contribution in [0.4, 0.5) is 0 Å². The Morgan fingerprint density at radius 2 is 1.91 bits per heavy atom. The van der Waals surface area contributed by atoms with Crippen LogP contribution in [0.1, 0.15) is 44.1 Å². The molecule has 1 aromatic rings. The molecule has 0 aliphatic rings. The smallest absolute Gasteiger partial charge is 0.265 e. The highest BCUT2D eigenvalue weighted by Gasteiger charge is 2.22. The highest BCUT2D eigenvalue weighted by Crippen LogP contribution is 2.16. The van der Waals surface area contributed by atoms with Crippen molar-refractivity contribution in [2.24, 2.45) is 24.6 Å². The molecule has 3 N–H and O–H groups in total. The lowest BCUT2D eigenvalue weighted by Gasteiger charge is -2.13. The summed E-state index contributed by atoms with van der Waals surface area (Å²) in [5, 5.41) is 0. The number of carbonyl (C=O) groups excluding carboxylic acids is 2. The molecule has 1 unspecified atom stereocenters. The van der Waals surface area contributed by atoms with Crippen LogP contribution in [0.15, 0.2) is 17.2 Å². The zero-order chi connectivity index (χ0) is 17.1. The minimum absolute atomic E-state index is 0.0565. The molecule has 7 nitrogen and oxygen atoms in total. The summed E-state index contributed by atoms with van der Waals surface area (Å²) in [5.41, 5.74) is 5.20. The number of primary amides is 1. The van der Waals surface area contributed by atoms with Gasteiger partial charge in [0, 0.05) is 19.7 Å². The zero-order valence-corrected chi connectivity index (χ0v) is 14.1. The first kappa shape index (κ1) is 18.2. The number of rotatable bonds is 7. The lowest BCUT2D eigenvalue weighted by Crippen LogP contribution is -2.31. The van der Waals surface area contributed by atoms with Gasteiger partial charge in [0.2, 0.25) is 5.91 Å². The summed E-state index contributed by atoms with van der Waals surface area (Å²) in [6.45, 7) is 5.99. The molecule has 1 heterocycles. The van der Waals surface area contributed by atoms with Gasteiger partial charge in [-0.25, -0.2) is 13.1 Å². The Balaban J connectivity index is 2.81. The van der Waals surface area contributed by atoms with Crippen LogP contribution in [-0.4, -0.2) is 24.8 Å². The molecule has 0 saturated heterocycles. The standard InChI is InChI=1S/C14H23N3O4S/c1-9(2)5-10(3)6-13(18)16-22(20,21)11-7-12(14(15)19)17(4)8-11/h7-10H,5-6H2,1-4H3,(H2,15,19)(H,16,18). The van der Waals surface area contributed by atoms with E-state index < -0.39 is 21.8 Å². The van der Waals surface area contributed by atoms with Crippen LogP contribution in [0, 0.1) is 11.8 Å². The lowest BCUT2D eigenvalue weighted by molar-refractivity contribution is -0.120. The second kappa shape index (κ2) is 6.95. The van der Waals surface area contributed by atoms with Gasteiger partial charge >= 0.3 is 0 Å². The fourth-order valence-corrected chi connectivity index (χ4v) is 3.45. The van der Waals surface area contributed by atoms with Gasteiger partial charge in [-0.1, -0.05) is 20.8 Å². The summed E-state index contributed by atoms with van der Waals surface area (Å²) < 4.78 is 27.6. The third-order valence-corrected chi connectivity index (χ3v) is 4.54. The summed E-state index contributed by atoms with van der Waals surface area (Å²) in [6.07, 6.45) is 2.21. The molecule has 0 radical (unpaired) electrons. The molecular weight excluding hydrogens is 306 g/mol. The molecule has 0 aliphatic heterocycles. The second-order valence-electron chi connectivity index (χ2n) is 6.00. The Morgan fingerprint density at radius 3 is 2.36 bits per heavy atom. The van der Waals surface area contributed by atoms with Gasteiger partial charge in [0.1, 0.15) is 10.6 Å². The summed E-state index contributed by atoms with van der Waals surface area (Å²) in [6, 6.07) is 1.15. The van der Waals surface area contributed by atoms with Gasteiger partial charge in [-0.3, -0.25) is 9.59 Å². The van der Waals surface area contributed by atoms with Crippen molar-refractivity contribution in [1.29, 1.82) is 0 Å². The summed E-state index contributed by atoms with van der Waals surface area (Å²) in [7, 11) is -2.49. The molecule has 2 amide bonds. The highest BCUT2D eigenvalue weighted by atomic mass is 32.2. The van der Waals surface area contributed by atoms with Crippen LogP contribution in [0.2, 0.25) is 0 Å². The van der Waals surface area contributed by atoms with E-state index in [0.29, 0.717) is 5.92 Å². The van der Waals surface area contributed by atoms with Crippen molar-refractivity contribution in [3.8, 4) is 0 Å². The predicted molar refractivity (Wildman–Crippen MR) is 82.5 cm³/mol. The molecule has 124 valence electrons. The molecule has 8 heteroatoms. The third-order valence-electron chi connectivity index (χ3n) is 3.20. The molecule has 0 saturated carbocycles. The van der Waals surface area contributed by atoms with Crippen LogP contribution >= 0.6 is 0 Å². The summed E-state index contributed by atoms with van der Waals surface area (Å²) in [4.78, 5) is 22.9. The number of sulfonamides is 1. The van der Waals surface area contributed by atoms with Gasteiger partial charge in [-0.15, -0.1) is 0 Å². The maximum atomic E-state index is 12.1. The van der Waals surface area contributed by atoms with Crippen molar-refractivity contribution in [1.82, 2.24) is 9.29 Å². The molecule has 1 aromatic heterocycles. The molecule has 22 heavy (non-hydrogen) atoms. The molecule has 0 aliphatic carbocycles. The van der Waals surface area contributed by atoms with E-state index in [-0.39, 0.29) is 22.9 Å². The first-order chi connectivity index (χ1) is 10.0. The van der Waals surface area contributed by atoms with E-state index in [1.54, 1.807) is 0 Å². The second-order valence-corrected chi connectivity index (χ2v) is 7.69. The van der Waals surface area contributed by atoms with Crippen LogP contribution < -0.4 is 10.5 Å². The van der Waals surface area contributed by atoms with Gasteiger partial charge < -0.3 is 10.3 Å². The van der Waals surface area contributed by atoms with Crippen molar-refractivity contribution >= 4 is 21.8 Å². The number of hydrogen-bond acceptors (Lipinski definition) is 4. The minimum atomic E-state index is -4.00. The van der Waals surface area contributed by atoms with E-state index in [1.165, 1.54) is 17.8 Å². The normalized spacial score (nSPS) is 13.1. The van der Waals surface area contributed by atoms with E-state index >= 15 is 0 Å². The molecule has 0 aromatic carbocycles. The molecule has 0 bridgehead atoms. The molecule has 0 fully saturated rings. The largest absolute Gasteiger partial charge is 0.364 e. The van der Waals surface area contributed by atoms with Crippen molar-refractivity contribution in [2.45, 2.75) is 38.5 Å². The molecule has 1 rings (SSSR count). The van der Waals surface area contributed by atoms with Crippen LogP contribution in [0.25, 0.3) is 0 Å². The van der Waals surface area contributed by atoms with E-state index in [2.05, 4.69) is 0 Å². The van der Waals surface area contributed by atoms with Crippen LogP contribution in [0.5, 0.6) is 0 Å². The van der Waals surface area contributed by atoms with Crippen molar-refractivity contribution in [2.75, 3.05) is 0 Å². The third kappa shape index (κ3) is 4.87. The Hall–Kier alpha value is -1.83. The van der Waals surface area contributed by atoms with E-state index in [0.717, 1.165) is 12.5 Å². The Kier molecular flexibility index (Phi) is 5.76. The summed E-state index contributed by atoms with van der Waals surface area (Å²) >= 11 is 0. The van der Waals surface area contributed by atoms with Crippen LogP contribution in [-0.2, 0) is 21.9 Å². The maximum absolute atomic E-state index is 12.1. The van der Waals surface area contributed by atoms with E-state index in [4.69, 9.17) is 5.73 Å². The summed E-state index contributed by atoms with van der Waals surface area (Å²) in [5.74, 6) is -0.766. The van der Waals surface area contributed by atoms with Crippen molar-refractivity contribution < 1.29 is 18.0 Å². The van der Waals surface area contributed by atoms with Gasteiger partial charge in [0.05, 0.1) is 0 Å². The Morgan fingerprint density at radius 1 is 1.32 bits per heavy atom.